The molecule has 3 aromatic carbocycles. The van der Waals surface area contributed by atoms with Crippen LogP contribution in [0.2, 0.25) is 10.0 Å². The molecule has 0 unspecified atom stereocenters. The van der Waals surface area contributed by atoms with Gasteiger partial charge in [0.25, 0.3) is 0 Å². The number of hydrogen-bond donors (Lipinski definition) is 2. The Bertz CT molecular complexity index is 1350. The average Bonchev–Trinajstić information content (AvgIpc) is 3.49. The molecule has 2 aliphatic rings. The van der Waals surface area contributed by atoms with Gasteiger partial charge < -0.3 is 10.6 Å². The highest BCUT2D eigenvalue weighted by Crippen LogP contribution is 2.31. The molecule has 5 rings (SSSR count). The second kappa shape index (κ2) is 13.1. The van der Waals surface area contributed by atoms with Gasteiger partial charge in [0, 0.05) is 54.0 Å². The van der Waals surface area contributed by atoms with Crippen LogP contribution in [0.25, 0.3) is 11.1 Å². The van der Waals surface area contributed by atoms with Crippen LogP contribution in [0, 0.1) is 11.3 Å². The topological polar surface area (TPSA) is 71.4 Å². The third-order valence-corrected chi connectivity index (χ3v) is 8.59. The molecule has 0 radical (unpaired) electrons. The summed E-state index contributed by atoms with van der Waals surface area (Å²) >= 11 is 12.2. The Hall–Kier alpha value is -3.08. The Morgan fingerprint density at radius 3 is 2.40 bits per heavy atom. The van der Waals surface area contributed by atoms with E-state index in [4.69, 9.17) is 23.2 Å². The lowest BCUT2D eigenvalue weighted by atomic mass is 9.97. The summed E-state index contributed by atoms with van der Waals surface area (Å²) in [6.07, 6.45) is 5.28. The predicted molar refractivity (Wildman–Crippen MR) is 163 cm³/mol. The Kier molecular flexibility index (Phi) is 9.29. The van der Waals surface area contributed by atoms with Crippen LogP contribution in [0.1, 0.15) is 49.8 Å². The maximum atomic E-state index is 12.9. The van der Waals surface area contributed by atoms with Crippen LogP contribution in [-0.4, -0.2) is 54.1 Å². The number of halogens is 2. The lowest BCUT2D eigenvalue weighted by Gasteiger charge is -2.46. The van der Waals surface area contributed by atoms with E-state index in [2.05, 4.69) is 57.7 Å². The lowest BCUT2D eigenvalue weighted by molar-refractivity contribution is 0.0289. The summed E-state index contributed by atoms with van der Waals surface area (Å²) in [6.45, 7) is 5.77. The van der Waals surface area contributed by atoms with E-state index in [0.29, 0.717) is 39.9 Å². The first-order chi connectivity index (χ1) is 19.4. The summed E-state index contributed by atoms with van der Waals surface area (Å²) in [6, 6.07) is 24.1. The third-order valence-electron chi connectivity index (χ3n) is 8.15. The second-order valence-corrected chi connectivity index (χ2v) is 11.7. The average molecular weight is 577 g/mol. The van der Waals surface area contributed by atoms with Crippen molar-refractivity contribution in [3.63, 3.8) is 0 Å². The van der Waals surface area contributed by atoms with Crippen LogP contribution in [0.5, 0.6) is 0 Å². The number of anilines is 1. The van der Waals surface area contributed by atoms with Crippen molar-refractivity contribution < 1.29 is 4.79 Å². The van der Waals surface area contributed by atoms with Crippen molar-refractivity contribution in [2.24, 2.45) is 0 Å². The summed E-state index contributed by atoms with van der Waals surface area (Å²) in [7, 11) is 0. The van der Waals surface area contributed by atoms with Crippen LogP contribution >= 0.6 is 23.2 Å². The zero-order valence-corrected chi connectivity index (χ0v) is 24.3. The molecule has 1 aliphatic carbocycles. The molecule has 0 aromatic heterocycles. The van der Waals surface area contributed by atoms with Crippen molar-refractivity contribution >= 4 is 34.9 Å². The SMILES string of the molecule is C[C@H]1CN(C2CCCC2)CCN1[C@H](CNC(=O)Nc1cc(Cl)cc(Cl)c1)c1ccc(-c2cccc(C#N)c2)cc1. The molecule has 1 saturated carbocycles. The number of hydrogen-bond acceptors (Lipinski definition) is 4. The van der Waals surface area contributed by atoms with E-state index >= 15 is 0 Å². The minimum atomic E-state index is -0.300. The maximum Gasteiger partial charge on any atom is 0.319 e. The Balaban J connectivity index is 1.33. The minimum Gasteiger partial charge on any atom is -0.336 e. The van der Waals surface area contributed by atoms with Gasteiger partial charge in [-0.3, -0.25) is 9.80 Å². The van der Waals surface area contributed by atoms with Crippen molar-refractivity contribution in [2.45, 2.75) is 50.7 Å². The molecule has 3 aromatic rings. The number of nitriles is 1. The quantitative estimate of drug-likeness (QED) is 0.309. The van der Waals surface area contributed by atoms with E-state index < -0.39 is 0 Å². The Labute approximate surface area is 246 Å². The first kappa shape index (κ1) is 28.4. The summed E-state index contributed by atoms with van der Waals surface area (Å²) in [5.74, 6) is 0. The predicted octanol–water partition coefficient (Wildman–Crippen LogP) is 7.34. The van der Waals surface area contributed by atoms with Crippen molar-refractivity contribution in [3.8, 4) is 17.2 Å². The normalized spacial score (nSPS) is 19.2. The molecule has 1 aliphatic heterocycles. The summed E-state index contributed by atoms with van der Waals surface area (Å²) in [4.78, 5) is 18.1. The van der Waals surface area contributed by atoms with Gasteiger partial charge in [-0.15, -0.1) is 0 Å². The number of benzene rings is 3. The second-order valence-electron chi connectivity index (χ2n) is 10.8. The van der Waals surface area contributed by atoms with Crippen LogP contribution in [0.4, 0.5) is 10.5 Å². The number of piperazine rings is 1. The highest BCUT2D eigenvalue weighted by Gasteiger charge is 2.34. The molecule has 0 bridgehead atoms. The first-order valence-corrected chi connectivity index (χ1v) is 14.8. The summed E-state index contributed by atoms with van der Waals surface area (Å²) < 4.78 is 0. The van der Waals surface area contributed by atoms with Crippen LogP contribution in [-0.2, 0) is 0 Å². The standard InChI is InChI=1S/C32H35Cl2N5O/c1-22-21-38(30-7-2-3-8-30)13-14-39(22)31(20-36-32(40)37-29-17-27(33)16-28(34)18-29)25-11-9-24(10-12-25)26-6-4-5-23(15-26)19-35/h4-6,9-12,15-18,22,30-31H,2-3,7-8,13-14,20-21H2,1H3,(H2,36,37,40)/t22-,31+/m0/s1. The van der Waals surface area contributed by atoms with Gasteiger partial charge in [-0.25, -0.2) is 4.79 Å². The number of carbonyl (C=O) groups is 1. The molecule has 2 amide bonds. The fraction of sp³-hybridized carbons (Fsp3) is 0.375. The molecule has 1 heterocycles. The molecule has 2 N–H and O–H groups in total. The Morgan fingerprint density at radius 2 is 1.73 bits per heavy atom. The number of rotatable bonds is 7. The van der Waals surface area contributed by atoms with Gasteiger partial charge in [-0.05, 0) is 66.8 Å². The molecule has 208 valence electrons. The zero-order chi connectivity index (χ0) is 28.1. The molecular formula is C32H35Cl2N5O. The van der Waals surface area contributed by atoms with Crippen LogP contribution < -0.4 is 10.6 Å². The van der Waals surface area contributed by atoms with Gasteiger partial charge in [-0.1, -0.05) is 72.4 Å². The van der Waals surface area contributed by atoms with E-state index in [1.807, 2.05) is 24.3 Å². The number of nitrogens with zero attached hydrogens (tertiary/aromatic N) is 3. The molecule has 8 heteroatoms. The van der Waals surface area contributed by atoms with Crippen LogP contribution in [0.15, 0.2) is 66.7 Å². The highest BCUT2D eigenvalue weighted by atomic mass is 35.5. The zero-order valence-electron chi connectivity index (χ0n) is 22.7. The van der Waals surface area contributed by atoms with Crippen molar-refractivity contribution in [3.05, 3.63) is 87.9 Å². The Morgan fingerprint density at radius 1 is 1.00 bits per heavy atom. The van der Waals surface area contributed by atoms with Gasteiger partial charge >= 0.3 is 6.03 Å². The largest absolute Gasteiger partial charge is 0.336 e. The lowest BCUT2D eigenvalue weighted by Crippen LogP contribution is -2.56. The van der Waals surface area contributed by atoms with Gasteiger partial charge in [0.15, 0.2) is 0 Å². The summed E-state index contributed by atoms with van der Waals surface area (Å²) in [5, 5.41) is 16.2. The molecular weight excluding hydrogens is 541 g/mol. The number of amides is 2. The van der Waals surface area contributed by atoms with E-state index in [9.17, 15) is 10.1 Å². The van der Waals surface area contributed by atoms with E-state index in [-0.39, 0.29) is 12.1 Å². The molecule has 1 saturated heterocycles. The van der Waals surface area contributed by atoms with E-state index in [1.165, 1.54) is 25.7 Å². The molecule has 0 spiro atoms. The number of nitrogens with one attached hydrogen (secondary N) is 2. The fourth-order valence-corrected chi connectivity index (χ4v) is 6.67. The highest BCUT2D eigenvalue weighted by molar-refractivity contribution is 6.35. The van der Waals surface area contributed by atoms with Gasteiger partial charge in [0.1, 0.15) is 0 Å². The molecule has 2 fully saturated rings. The number of carbonyl (C=O) groups excluding carboxylic acids is 1. The van der Waals surface area contributed by atoms with Crippen molar-refractivity contribution in [2.75, 3.05) is 31.5 Å². The fourth-order valence-electron chi connectivity index (χ4n) is 6.15. The van der Waals surface area contributed by atoms with Gasteiger partial charge in [0.05, 0.1) is 17.7 Å². The van der Waals surface area contributed by atoms with Gasteiger partial charge in [-0.2, -0.15) is 5.26 Å². The molecule has 6 nitrogen and oxygen atoms in total. The number of urea groups is 1. The first-order valence-electron chi connectivity index (χ1n) is 14.0. The van der Waals surface area contributed by atoms with Gasteiger partial charge in [0.2, 0.25) is 0 Å². The minimum absolute atomic E-state index is 0.00826. The van der Waals surface area contributed by atoms with Crippen molar-refractivity contribution in [1.29, 1.82) is 5.26 Å². The van der Waals surface area contributed by atoms with Crippen molar-refractivity contribution in [1.82, 2.24) is 15.1 Å². The monoisotopic (exact) mass is 575 g/mol. The van der Waals surface area contributed by atoms with E-state index in [0.717, 1.165) is 36.3 Å². The van der Waals surface area contributed by atoms with Crippen LogP contribution in [0.3, 0.4) is 0 Å². The maximum absolute atomic E-state index is 12.9. The molecule has 2 atom stereocenters. The van der Waals surface area contributed by atoms with E-state index in [1.54, 1.807) is 18.2 Å². The smallest absolute Gasteiger partial charge is 0.319 e. The third kappa shape index (κ3) is 6.97. The molecule has 40 heavy (non-hydrogen) atoms. The summed E-state index contributed by atoms with van der Waals surface area (Å²) in [5.41, 5.74) is 4.41.